The van der Waals surface area contributed by atoms with Crippen LogP contribution in [0, 0.1) is 11.3 Å². The zero-order chi connectivity index (χ0) is 23.1. The monoisotopic (exact) mass is 461 g/mol. The minimum Gasteiger partial charge on any atom is -0.368 e. The van der Waals surface area contributed by atoms with E-state index in [-0.39, 0.29) is 23.5 Å². The van der Waals surface area contributed by atoms with Crippen molar-refractivity contribution in [1.82, 2.24) is 4.90 Å². The van der Waals surface area contributed by atoms with Gasteiger partial charge < -0.3 is 4.74 Å². The van der Waals surface area contributed by atoms with Crippen molar-refractivity contribution >= 4 is 9.84 Å². The molecule has 0 bridgehead atoms. The van der Waals surface area contributed by atoms with Gasteiger partial charge in [-0.25, -0.2) is 8.42 Å². The third kappa shape index (κ3) is 3.54. The van der Waals surface area contributed by atoms with E-state index in [0.717, 1.165) is 17.7 Å². The fraction of sp³-hybridized carbons (Fsp3) is 0.357. The molecule has 3 aromatic rings. The first kappa shape index (κ1) is 22.3. The van der Waals surface area contributed by atoms with Gasteiger partial charge in [-0.3, -0.25) is 4.90 Å². The molecular weight excluding hydrogens is 430 g/mol. The lowest BCUT2D eigenvalue weighted by molar-refractivity contribution is -0.0869. The number of fused-ring (bicyclic) bond motifs is 1. The van der Waals surface area contributed by atoms with E-state index in [9.17, 15) is 8.42 Å². The Morgan fingerprint density at radius 2 is 1.42 bits per heavy atom. The Balaban J connectivity index is 1.69. The number of methoxy groups -OCH3 is 1. The van der Waals surface area contributed by atoms with Gasteiger partial charge >= 0.3 is 0 Å². The number of sulfone groups is 1. The second kappa shape index (κ2) is 8.39. The zero-order valence-electron chi connectivity index (χ0n) is 19.2. The molecule has 0 spiro atoms. The van der Waals surface area contributed by atoms with Crippen LogP contribution in [0.15, 0.2) is 91.0 Å². The first-order valence-corrected chi connectivity index (χ1v) is 13.4. The highest BCUT2D eigenvalue weighted by Gasteiger charge is 2.67. The molecule has 0 N–H and O–H groups in total. The van der Waals surface area contributed by atoms with Gasteiger partial charge in [0.2, 0.25) is 0 Å². The standard InChI is InChI=1S/C28H31NO3S/c1-22(23-12-6-3-7-13-23)29-18-26-19-33(30,31)21-27(26,20-29)28(32-2,24-14-8-4-9-15-24)25-16-10-5-11-17-25/h3-17,22,26H,18-21H2,1-2H3/t22-,26-,27-/m1/s1. The first-order chi connectivity index (χ1) is 15.9. The Bertz CT molecular complexity index is 1160. The highest BCUT2D eigenvalue weighted by atomic mass is 32.2. The SMILES string of the molecule is COC(c1ccccc1)(c1ccccc1)[C@@]12CN([C@H](C)c3ccccc3)C[C@@H]1CS(=O)(=O)C2. The largest absolute Gasteiger partial charge is 0.368 e. The molecule has 5 heteroatoms. The summed E-state index contributed by atoms with van der Waals surface area (Å²) in [5.74, 6) is 0.310. The second-order valence-electron chi connectivity index (χ2n) is 9.54. The lowest BCUT2D eigenvalue weighted by Gasteiger charge is -2.48. The Kier molecular flexibility index (Phi) is 5.68. The number of nitrogens with zero attached hydrogens (tertiary/aromatic N) is 1. The van der Waals surface area contributed by atoms with Gasteiger partial charge in [0.25, 0.3) is 0 Å². The van der Waals surface area contributed by atoms with E-state index in [2.05, 4.69) is 60.4 Å². The van der Waals surface area contributed by atoms with E-state index < -0.39 is 20.9 Å². The Labute approximate surface area is 197 Å². The highest BCUT2D eigenvalue weighted by molar-refractivity contribution is 7.91. The summed E-state index contributed by atoms with van der Waals surface area (Å²) in [4.78, 5) is 2.45. The van der Waals surface area contributed by atoms with Crippen LogP contribution in [0.1, 0.15) is 29.7 Å². The van der Waals surface area contributed by atoms with Crippen molar-refractivity contribution in [3.8, 4) is 0 Å². The molecule has 0 unspecified atom stereocenters. The lowest BCUT2D eigenvalue weighted by Crippen LogP contribution is -2.53. The summed E-state index contributed by atoms with van der Waals surface area (Å²) >= 11 is 0. The first-order valence-electron chi connectivity index (χ1n) is 11.6. The number of hydrogen-bond donors (Lipinski definition) is 0. The molecule has 0 saturated carbocycles. The van der Waals surface area contributed by atoms with Crippen LogP contribution in [0.4, 0.5) is 0 Å². The van der Waals surface area contributed by atoms with E-state index in [1.165, 1.54) is 5.56 Å². The van der Waals surface area contributed by atoms with Crippen LogP contribution in [0.5, 0.6) is 0 Å². The molecule has 3 aromatic carbocycles. The van der Waals surface area contributed by atoms with Crippen LogP contribution in [0.2, 0.25) is 0 Å². The van der Waals surface area contributed by atoms with Crippen molar-refractivity contribution in [3.05, 3.63) is 108 Å². The third-order valence-corrected chi connectivity index (χ3v) is 9.72. The summed E-state index contributed by atoms with van der Waals surface area (Å²) in [5.41, 5.74) is 1.81. The number of rotatable bonds is 6. The zero-order valence-corrected chi connectivity index (χ0v) is 20.0. The second-order valence-corrected chi connectivity index (χ2v) is 11.7. The molecule has 172 valence electrons. The quantitative estimate of drug-likeness (QED) is 0.535. The summed E-state index contributed by atoms with van der Waals surface area (Å²) in [6.07, 6.45) is 0. The van der Waals surface area contributed by atoms with E-state index in [1.807, 2.05) is 42.5 Å². The van der Waals surface area contributed by atoms with Crippen LogP contribution in [0.3, 0.4) is 0 Å². The molecular formula is C28H31NO3S. The maximum absolute atomic E-state index is 13.1. The Hall–Kier alpha value is -2.47. The number of hydrogen-bond acceptors (Lipinski definition) is 4. The van der Waals surface area contributed by atoms with E-state index in [4.69, 9.17) is 4.74 Å². The number of ether oxygens (including phenoxy) is 1. The molecule has 2 saturated heterocycles. The van der Waals surface area contributed by atoms with Gasteiger partial charge in [0.05, 0.1) is 11.5 Å². The normalized spacial score (nSPS) is 25.6. The minimum atomic E-state index is -3.19. The smallest absolute Gasteiger partial charge is 0.151 e. The molecule has 2 aliphatic heterocycles. The molecule has 5 rings (SSSR count). The molecule has 0 amide bonds. The molecule has 0 radical (unpaired) electrons. The highest BCUT2D eigenvalue weighted by Crippen LogP contribution is 2.60. The topological polar surface area (TPSA) is 46.6 Å². The third-order valence-electron chi connectivity index (χ3n) is 7.85. The van der Waals surface area contributed by atoms with Crippen molar-refractivity contribution in [3.63, 3.8) is 0 Å². The van der Waals surface area contributed by atoms with Crippen LogP contribution < -0.4 is 0 Å². The average Bonchev–Trinajstić information content (AvgIpc) is 3.31. The molecule has 0 aromatic heterocycles. The van der Waals surface area contributed by atoms with Crippen molar-refractivity contribution in [1.29, 1.82) is 0 Å². The van der Waals surface area contributed by atoms with Gasteiger partial charge in [0.15, 0.2) is 9.84 Å². The Morgan fingerprint density at radius 3 is 1.94 bits per heavy atom. The van der Waals surface area contributed by atoms with Gasteiger partial charge in [0, 0.05) is 31.7 Å². The van der Waals surface area contributed by atoms with E-state index >= 15 is 0 Å². The predicted octanol–water partition coefficient (Wildman–Crippen LogP) is 4.68. The van der Waals surface area contributed by atoms with Crippen molar-refractivity contribution in [2.45, 2.75) is 18.6 Å². The van der Waals surface area contributed by atoms with E-state index in [0.29, 0.717) is 6.54 Å². The van der Waals surface area contributed by atoms with Crippen LogP contribution in [0.25, 0.3) is 0 Å². The molecule has 33 heavy (non-hydrogen) atoms. The fourth-order valence-electron chi connectivity index (χ4n) is 6.41. The molecule has 3 atom stereocenters. The van der Waals surface area contributed by atoms with Gasteiger partial charge in [-0.05, 0) is 29.5 Å². The van der Waals surface area contributed by atoms with Crippen molar-refractivity contribution < 1.29 is 13.2 Å². The average molecular weight is 462 g/mol. The molecule has 0 aliphatic carbocycles. The van der Waals surface area contributed by atoms with Gasteiger partial charge in [-0.15, -0.1) is 0 Å². The Morgan fingerprint density at radius 1 is 0.909 bits per heavy atom. The number of likely N-dealkylation sites (tertiary alicyclic amines) is 1. The summed E-state index contributed by atoms with van der Waals surface area (Å²) in [6, 6.07) is 31.0. The molecule has 2 aliphatic rings. The minimum absolute atomic E-state index is 0.0194. The lowest BCUT2D eigenvalue weighted by atomic mass is 9.61. The summed E-state index contributed by atoms with van der Waals surface area (Å²) in [7, 11) is -1.46. The molecule has 4 nitrogen and oxygen atoms in total. The molecule has 2 fully saturated rings. The maximum atomic E-state index is 13.1. The van der Waals surface area contributed by atoms with Gasteiger partial charge in [-0.1, -0.05) is 91.0 Å². The van der Waals surface area contributed by atoms with Crippen molar-refractivity contribution in [2.24, 2.45) is 11.3 Å². The van der Waals surface area contributed by atoms with Crippen LogP contribution >= 0.6 is 0 Å². The summed E-state index contributed by atoms with van der Waals surface area (Å²) < 4.78 is 32.8. The van der Waals surface area contributed by atoms with Crippen molar-refractivity contribution in [2.75, 3.05) is 31.7 Å². The maximum Gasteiger partial charge on any atom is 0.151 e. The molecule has 2 heterocycles. The number of benzene rings is 3. The van der Waals surface area contributed by atoms with Gasteiger partial charge in [-0.2, -0.15) is 0 Å². The summed E-state index contributed by atoms with van der Waals surface area (Å²) in [6.45, 7) is 3.61. The predicted molar refractivity (Wildman–Crippen MR) is 132 cm³/mol. The van der Waals surface area contributed by atoms with Crippen LogP contribution in [-0.4, -0.2) is 45.0 Å². The summed E-state index contributed by atoms with van der Waals surface area (Å²) in [5, 5.41) is 0. The van der Waals surface area contributed by atoms with Gasteiger partial charge in [0.1, 0.15) is 5.60 Å². The van der Waals surface area contributed by atoms with E-state index in [1.54, 1.807) is 7.11 Å². The van der Waals surface area contributed by atoms with Crippen LogP contribution in [-0.2, 0) is 20.2 Å². The fourth-order valence-corrected chi connectivity index (χ4v) is 8.88.